The van der Waals surface area contributed by atoms with Gasteiger partial charge in [-0.15, -0.1) is 0 Å². The highest BCUT2D eigenvalue weighted by molar-refractivity contribution is 5.93. The predicted molar refractivity (Wildman–Crippen MR) is 105 cm³/mol. The van der Waals surface area contributed by atoms with E-state index in [4.69, 9.17) is 0 Å². The molecule has 5 nitrogen and oxygen atoms in total. The van der Waals surface area contributed by atoms with Crippen molar-refractivity contribution >= 4 is 17.5 Å². The van der Waals surface area contributed by atoms with Gasteiger partial charge in [-0.05, 0) is 49.4 Å². The van der Waals surface area contributed by atoms with Crippen molar-refractivity contribution in [3.63, 3.8) is 0 Å². The molecule has 1 amide bonds. The molecular weight excluding hydrogens is 324 g/mol. The molecule has 0 saturated carbocycles. The zero-order chi connectivity index (χ0) is 18.2. The van der Waals surface area contributed by atoms with Crippen LogP contribution in [0, 0.1) is 5.92 Å². The molecule has 26 heavy (non-hydrogen) atoms. The van der Waals surface area contributed by atoms with Gasteiger partial charge in [-0.25, -0.2) is 9.97 Å². The van der Waals surface area contributed by atoms with Crippen LogP contribution in [-0.2, 0) is 11.2 Å². The van der Waals surface area contributed by atoms with Crippen molar-refractivity contribution in [2.45, 2.75) is 45.4 Å². The lowest BCUT2D eigenvalue weighted by Crippen LogP contribution is -2.41. The summed E-state index contributed by atoms with van der Waals surface area (Å²) in [5.74, 6) is 0.766. The summed E-state index contributed by atoms with van der Waals surface area (Å²) >= 11 is 0. The first-order valence-electron chi connectivity index (χ1n) is 9.68. The second-order valence-electron chi connectivity index (χ2n) is 6.98. The van der Waals surface area contributed by atoms with Crippen LogP contribution < -0.4 is 10.2 Å². The number of hydrogen-bond donors (Lipinski definition) is 1. The second-order valence-corrected chi connectivity index (χ2v) is 6.98. The van der Waals surface area contributed by atoms with Gasteiger partial charge in [0.2, 0.25) is 11.9 Å². The normalized spacial score (nSPS) is 17.1. The highest BCUT2D eigenvalue weighted by atomic mass is 16.1. The monoisotopic (exact) mass is 352 g/mol. The van der Waals surface area contributed by atoms with Crippen LogP contribution in [0.3, 0.4) is 0 Å². The maximum absolute atomic E-state index is 12.7. The Labute approximate surface area is 155 Å². The molecule has 5 heteroatoms. The summed E-state index contributed by atoms with van der Waals surface area (Å²) in [6.07, 6.45) is 10.2. The summed E-state index contributed by atoms with van der Waals surface area (Å²) in [5, 5.41) is 3.07. The molecule has 1 aromatic heterocycles. The van der Waals surface area contributed by atoms with Crippen molar-refractivity contribution in [2.75, 3.05) is 23.3 Å². The van der Waals surface area contributed by atoms with E-state index in [1.807, 2.05) is 18.2 Å². The van der Waals surface area contributed by atoms with Gasteiger partial charge >= 0.3 is 0 Å². The number of hydrogen-bond acceptors (Lipinski definition) is 4. The van der Waals surface area contributed by atoms with Gasteiger partial charge in [-0.2, -0.15) is 0 Å². The SMILES string of the molecule is CCCCCc1ccc(NC(=O)[C@H]2CCCN(c3ncccn3)C2)cc1. The molecule has 0 aliphatic carbocycles. The summed E-state index contributed by atoms with van der Waals surface area (Å²) in [6.45, 7) is 3.79. The molecule has 0 bridgehead atoms. The lowest BCUT2D eigenvalue weighted by atomic mass is 9.97. The Morgan fingerprint density at radius 2 is 1.96 bits per heavy atom. The molecule has 1 N–H and O–H groups in total. The topological polar surface area (TPSA) is 58.1 Å². The molecule has 0 unspecified atom stereocenters. The number of amides is 1. The van der Waals surface area contributed by atoms with Crippen LogP contribution in [0.4, 0.5) is 11.6 Å². The minimum atomic E-state index is -0.0308. The van der Waals surface area contributed by atoms with Crippen molar-refractivity contribution in [1.82, 2.24) is 9.97 Å². The smallest absolute Gasteiger partial charge is 0.229 e. The average molecular weight is 352 g/mol. The number of benzene rings is 1. The molecule has 1 aliphatic heterocycles. The quantitative estimate of drug-likeness (QED) is 0.763. The lowest BCUT2D eigenvalue weighted by molar-refractivity contribution is -0.120. The fourth-order valence-corrected chi connectivity index (χ4v) is 3.41. The van der Waals surface area contributed by atoms with E-state index in [1.165, 1.54) is 24.8 Å². The molecule has 2 aromatic rings. The van der Waals surface area contributed by atoms with Crippen molar-refractivity contribution in [1.29, 1.82) is 0 Å². The third-order valence-electron chi connectivity index (χ3n) is 4.92. The Morgan fingerprint density at radius 3 is 2.69 bits per heavy atom. The Balaban J connectivity index is 1.54. The molecule has 1 saturated heterocycles. The molecule has 3 rings (SSSR count). The minimum Gasteiger partial charge on any atom is -0.340 e. The number of rotatable bonds is 7. The average Bonchev–Trinajstić information content (AvgIpc) is 2.70. The summed E-state index contributed by atoms with van der Waals surface area (Å²) in [6, 6.07) is 10.1. The fraction of sp³-hybridized carbons (Fsp3) is 0.476. The van der Waals surface area contributed by atoms with Crippen molar-refractivity contribution < 1.29 is 4.79 Å². The van der Waals surface area contributed by atoms with Crippen LogP contribution in [0.2, 0.25) is 0 Å². The molecular formula is C21H28N4O. The van der Waals surface area contributed by atoms with E-state index in [0.29, 0.717) is 12.5 Å². The van der Waals surface area contributed by atoms with Gasteiger partial charge in [-0.1, -0.05) is 31.9 Å². The molecule has 138 valence electrons. The largest absolute Gasteiger partial charge is 0.340 e. The Kier molecular flexibility index (Phi) is 6.58. The highest BCUT2D eigenvalue weighted by Gasteiger charge is 2.27. The number of anilines is 2. The molecule has 0 spiro atoms. The first-order chi connectivity index (χ1) is 12.8. The Morgan fingerprint density at radius 1 is 1.19 bits per heavy atom. The van der Waals surface area contributed by atoms with Crippen molar-refractivity contribution in [3.05, 3.63) is 48.3 Å². The summed E-state index contributed by atoms with van der Waals surface area (Å²) < 4.78 is 0. The third kappa shape index (κ3) is 5.04. The van der Waals surface area contributed by atoms with Gasteiger partial charge in [-0.3, -0.25) is 4.79 Å². The third-order valence-corrected chi connectivity index (χ3v) is 4.92. The number of unbranched alkanes of at least 4 members (excludes halogenated alkanes) is 2. The maximum Gasteiger partial charge on any atom is 0.229 e. The number of nitrogens with zero attached hydrogens (tertiary/aromatic N) is 3. The van der Waals surface area contributed by atoms with Crippen LogP contribution in [0.25, 0.3) is 0 Å². The highest BCUT2D eigenvalue weighted by Crippen LogP contribution is 2.22. The summed E-state index contributed by atoms with van der Waals surface area (Å²) in [4.78, 5) is 23.4. The number of carbonyl (C=O) groups is 1. The molecule has 0 radical (unpaired) electrons. The van der Waals surface area contributed by atoms with Gasteiger partial charge in [0.05, 0.1) is 5.92 Å². The number of carbonyl (C=O) groups excluding carboxylic acids is 1. The van der Waals surface area contributed by atoms with Crippen LogP contribution in [-0.4, -0.2) is 29.0 Å². The molecule has 1 aliphatic rings. The van der Waals surface area contributed by atoms with Crippen molar-refractivity contribution in [3.8, 4) is 0 Å². The van der Waals surface area contributed by atoms with Crippen LogP contribution in [0.1, 0.15) is 44.6 Å². The van der Waals surface area contributed by atoms with Gasteiger partial charge in [0, 0.05) is 31.2 Å². The standard InChI is InChI=1S/C21H28N4O/c1-2-3-4-7-17-9-11-19(12-10-17)24-20(26)18-8-5-15-25(16-18)21-22-13-6-14-23-21/h6,9-14,18H,2-5,7-8,15-16H2,1H3,(H,24,26)/t18-/m0/s1. The first kappa shape index (κ1) is 18.4. The van der Waals surface area contributed by atoms with Crippen LogP contribution in [0.5, 0.6) is 0 Å². The van der Waals surface area contributed by atoms with Gasteiger partial charge in [0.15, 0.2) is 0 Å². The first-order valence-corrected chi connectivity index (χ1v) is 9.68. The fourth-order valence-electron chi connectivity index (χ4n) is 3.41. The van der Waals surface area contributed by atoms with Gasteiger partial charge < -0.3 is 10.2 Å². The minimum absolute atomic E-state index is 0.0308. The molecule has 1 fully saturated rings. The van der Waals surface area contributed by atoms with Crippen LogP contribution >= 0.6 is 0 Å². The van der Waals surface area contributed by atoms with E-state index in [1.54, 1.807) is 12.4 Å². The molecule has 1 aromatic carbocycles. The lowest BCUT2D eigenvalue weighted by Gasteiger charge is -2.31. The summed E-state index contributed by atoms with van der Waals surface area (Å²) in [7, 11) is 0. The number of aromatic nitrogens is 2. The number of piperidine rings is 1. The van der Waals surface area contributed by atoms with E-state index in [-0.39, 0.29) is 11.8 Å². The number of aryl methyl sites for hydroxylation is 1. The zero-order valence-corrected chi connectivity index (χ0v) is 15.5. The molecule has 1 atom stereocenters. The van der Waals surface area contributed by atoms with E-state index in [9.17, 15) is 4.79 Å². The van der Waals surface area contributed by atoms with Crippen LogP contribution in [0.15, 0.2) is 42.7 Å². The van der Waals surface area contributed by atoms with Gasteiger partial charge in [0.1, 0.15) is 0 Å². The van der Waals surface area contributed by atoms with Crippen molar-refractivity contribution in [2.24, 2.45) is 5.92 Å². The predicted octanol–water partition coefficient (Wildman–Crippen LogP) is 4.06. The Bertz CT molecular complexity index is 687. The van der Waals surface area contributed by atoms with E-state index in [0.717, 1.165) is 31.5 Å². The van der Waals surface area contributed by atoms with E-state index in [2.05, 4.69) is 39.2 Å². The second kappa shape index (κ2) is 9.32. The number of nitrogens with one attached hydrogen (secondary N) is 1. The Hall–Kier alpha value is -2.43. The van der Waals surface area contributed by atoms with Gasteiger partial charge in [0.25, 0.3) is 0 Å². The maximum atomic E-state index is 12.7. The van der Waals surface area contributed by atoms with E-state index < -0.39 is 0 Å². The molecule has 2 heterocycles. The zero-order valence-electron chi connectivity index (χ0n) is 15.5. The summed E-state index contributed by atoms with van der Waals surface area (Å²) in [5.41, 5.74) is 2.21. The van der Waals surface area contributed by atoms with E-state index >= 15 is 0 Å².